The molecule has 0 radical (unpaired) electrons. The van der Waals surface area contributed by atoms with Crippen LogP contribution < -0.4 is 5.32 Å². The summed E-state index contributed by atoms with van der Waals surface area (Å²) in [4.78, 5) is 2.43. The van der Waals surface area contributed by atoms with Gasteiger partial charge >= 0.3 is 0 Å². The number of nitrogens with one attached hydrogen (secondary N) is 1. The molecule has 1 N–H and O–H groups in total. The lowest BCUT2D eigenvalue weighted by molar-refractivity contribution is 0.0955. The van der Waals surface area contributed by atoms with Crippen molar-refractivity contribution in [3.63, 3.8) is 0 Å². The van der Waals surface area contributed by atoms with Crippen LogP contribution in [0.4, 0.5) is 0 Å². The van der Waals surface area contributed by atoms with Crippen LogP contribution >= 0.6 is 0 Å². The molecule has 0 aromatic heterocycles. The van der Waals surface area contributed by atoms with E-state index in [1.165, 1.54) is 12.8 Å². The largest absolute Gasteiger partial charge is 0.380 e. The molecule has 1 saturated carbocycles. The van der Waals surface area contributed by atoms with Gasteiger partial charge in [0.2, 0.25) is 0 Å². The van der Waals surface area contributed by atoms with Gasteiger partial charge in [-0.05, 0) is 32.7 Å². The smallest absolute Gasteiger partial charge is 0.0593 e. The Morgan fingerprint density at radius 2 is 2.06 bits per heavy atom. The number of hydrogen-bond acceptors (Lipinski definition) is 3. The summed E-state index contributed by atoms with van der Waals surface area (Å²) in [5.41, 5.74) is 0. The highest BCUT2D eigenvalue weighted by atomic mass is 16.5. The molecule has 0 heterocycles. The monoisotopic (exact) mass is 228 g/mol. The van der Waals surface area contributed by atoms with E-state index < -0.39 is 0 Å². The molecule has 1 atom stereocenters. The molecule has 1 aliphatic carbocycles. The molecule has 0 amide bonds. The lowest BCUT2D eigenvalue weighted by Crippen LogP contribution is -2.45. The van der Waals surface area contributed by atoms with Gasteiger partial charge in [0.05, 0.1) is 6.61 Å². The first-order chi connectivity index (χ1) is 7.65. The molecule has 0 aliphatic heterocycles. The maximum Gasteiger partial charge on any atom is 0.0593 e. The molecule has 1 rings (SSSR count). The Morgan fingerprint density at radius 1 is 1.38 bits per heavy atom. The zero-order valence-electron chi connectivity index (χ0n) is 11.3. The Morgan fingerprint density at radius 3 is 2.56 bits per heavy atom. The van der Waals surface area contributed by atoms with Crippen molar-refractivity contribution in [2.45, 2.75) is 45.7 Å². The molecule has 3 heteroatoms. The van der Waals surface area contributed by atoms with E-state index in [1.54, 1.807) is 0 Å². The highest BCUT2D eigenvalue weighted by molar-refractivity contribution is 4.84. The molecular weight excluding hydrogens is 200 g/mol. The fourth-order valence-corrected chi connectivity index (χ4v) is 1.99. The topological polar surface area (TPSA) is 24.5 Å². The first kappa shape index (κ1) is 13.9. The minimum Gasteiger partial charge on any atom is -0.380 e. The Hall–Kier alpha value is -0.120. The quantitative estimate of drug-likeness (QED) is 0.608. The number of nitrogens with zero attached hydrogens (tertiary/aromatic N) is 1. The van der Waals surface area contributed by atoms with E-state index in [-0.39, 0.29) is 0 Å². The van der Waals surface area contributed by atoms with Crippen LogP contribution in [0.1, 0.15) is 33.6 Å². The lowest BCUT2D eigenvalue weighted by atomic mass is 10.0. The summed E-state index contributed by atoms with van der Waals surface area (Å²) in [5, 5.41) is 3.63. The molecule has 1 aliphatic rings. The van der Waals surface area contributed by atoms with Crippen LogP contribution in [0.5, 0.6) is 0 Å². The molecule has 1 fully saturated rings. The summed E-state index contributed by atoms with van der Waals surface area (Å²) in [7, 11) is 2.21. The van der Waals surface area contributed by atoms with Crippen LogP contribution in [0.3, 0.4) is 0 Å². The number of rotatable bonds is 9. The minimum atomic E-state index is 0.626. The zero-order valence-corrected chi connectivity index (χ0v) is 11.3. The van der Waals surface area contributed by atoms with Crippen LogP contribution in [-0.4, -0.2) is 50.3 Å². The van der Waals surface area contributed by atoms with Gasteiger partial charge in [0.25, 0.3) is 0 Å². The second-order valence-corrected chi connectivity index (χ2v) is 5.17. The van der Waals surface area contributed by atoms with Crippen molar-refractivity contribution in [1.29, 1.82) is 0 Å². The van der Waals surface area contributed by atoms with Gasteiger partial charge in [-0.2, -0.15) is 0 Å². The fourth-order valence-electron chi connectivity index (χ4n) is 1.99. The normalized spacial score (nSPS) is 18.4. The van der Waals surface area contributed by atoms with E-state index in [1.807, 2.05) is 0 Å². The van der Waals surface area contributed by atoms with E-state index >= 15 is 0 Å². The van der Waals surface area contributed by atoms with E-state index in [0.717, 1.165) is 32.3 Å². The third kappa shape index (κ3) is 5.28. The summed E-state index contributed by atoms with van der Waals surface area (Å²) in [6.45, 7) is 10.5. The highest BCUT2D eigenvalue weighted by Crippen LogP contribution is 2.19. The average molecular weight is 228 g/mol. The van der Waals surface area contributed by atoms with Crippen molar-refractivity contribution in [3.8, 4) is 0 Å². The van der Waals surface area contributed by atoms with Crippen LogP contribution in [0.25, 0.3) is 0 Å². The summed E-state index contributed by atoms with van der Waals surface area (Å²) in [6.07, 6.45) is 2.74. The molecule has 0 aromatic carbocycles. The van der Waals surface area contributed by atoms with Gasteiger partial charge in [-0.1, -0.05) is 13.8 Å². The van der Waals surface area contributed by atoms with Crippen LogP contribution in [0, 0.1) is 5.92 Å². The van der Waals surface area contributed by atoms with E-state index in [0.29, 0.717) is 12.0 Å². The van der Waals surface area contributed by atoms with Crippen molar-refractivity contribution in [2.24, 2.45) is 5.92 Å². The third-order valence-electron chi connectivity index (χ3n) is 3.32. The van der Waals surface area contributed by atoms with Crippen molar-refractivity contribution < 1.29 is 4.74 Å². The van der Waals surface area contributed by atoms with Crippen molar-refractivity contribution >= 4 is 0 Å². The zero-order chi connectivity index (χ0) is 12.0. The van der Waals surface area contributed by atoms with Crippen molar-refractivity contribution in [3.05, 3.63) is 0 Å². The Kier molecular flexibility index (Phi) is 6.32. The van der Waals surface area contributed by atoms with Gasteiger partial charge in [0.15, 0.2) is 0 Å². The number of hydrogen-bond donors (Lipinski definition) is 1. The SMILES string of the molecule is CCOCCN(C)C(CNC1CC1)C(C)C. The predicted molar refractivity (Wildman–Crippen MR) is 68.8 cm³/mol. The Labute approximate surface area is 101 Å². The second-order valence-electron chi connectivity index (χ2n) is 5.17. The molecule has 0 bridgehead atoms. The van der Waals surface area contributed by atoms with Crippen molar-refractivity contribution in [1.82, 2.24) is 10.2 Å². The fraction of sp³-hybridized carbons (Fsp3) is 1.00. The molecular formula is C13H28N2O. The Balaban J connectivity index is 2.22. The lowest BCUT2D eigenvalue weighted by Gasteiger charge is -2.31. The van der Waals surface area contributed by atoms with Crippen molar-refractivity contribution in [2.75, 3.05) is 33.4 Å². The number of ether oxygens (including phenoxy) is 1. The molecule has 0 aromatic rings. The molecule has 3 nitrogen and oxygen atoms in total. The number of likely N-dealkylation sites (N-methyl/N-ethyl adjacent to an activating group) is 1. The summed E-state index contributed by atoms with van der Waals surface area (Å²) < 4.78 is 5.41. The maximum absolute atomic E-state index is 5.41. The first-order valence-electron chi connectivity index (χ1n) is 6.66. The molecule has 0 spiro atoms. The second kappa shape index (κ2) is 7.25. The average Bonchev–Trinajstić information content (AvgIpc) is 3.02. The molecule has 96 valence electrons. The van der Waals surface area contributed by atoms with Crippen LogP contribution in [0.15, 0.2) is 0 Å². The van der Waals surface area contributed by atoms with Gasteiger partial charge in [-0.3, -0.25) is 4.90 Å². The minimum absolute atomic E-state index is 0.626. The van der Waals surface area contributed by atoms with Gasteiger partial charge in [0, 0.05) is 31.8 Å². The van der Waals surface area contributed by atoms with Gasteiger partial charge in [-0.25, -0.2) is 0 Å². The summed E-state index contributed by atoms with van der Waals surface area (Å²) in [5.74, 6) is 0.692. The van der Waals surface area contributed by atoms with Gasteiger partial charge in [-0.15, -0.1) is 0 Å². The molecule has 0 saturated heterocycles. The summed E-state index contributed by atoms with van der Waals surface area (Å²) >= 11 is 0. The maximum atomic E-state index is 5.41. The first-order valence-corrected chi connectivity index (χ1v) is 6.66. The third-order valence-corrected chi connectivity index (χ3v) is 3.32. The van der Waals surface area contributed by atoms with E-state index in [9.17, 15) is 0 Å². The Bertz CT molecular complexity index is 181. The van der Waals surface area contributed by atoms with E-state index in [2.05, 4.69) is 38.0 Å². The standard InChI is InChI=1S/C13H28N2O/c1-5-16-9-8-15(4)13(11(2)3)10-14-12-6-7-12/h11-14H,5-10H2,1-4H3. The van der Waals surface area contributed by atoms with E-state index in [4.69, 9.17) is 4.74 Å². The molecule has 1 unspecified atom stereocenters. The molecule has 16 heavy (non-hydrogen) atoms. The predicted octanol–water partition coefficient (Wildman–Crippen LogP) is 1.73. The highest BCUT2D eigenvalue weighted by Gasteiger charge is 2.24. The van der Waals surface area contributed by atoms with Crippen LogP contribution in [-0.2, 0) is 4.74 Å². The van der Waals surface area contributed by atoms with Gasteiger partial charge < -0.3 is 10.1 Å². The summed E-state index contributed by atoms with van der Waals surface area (Å²) in [6, 6.07) is 1.43. The van der Waals surface area contributed by atoms with Crippen LogP contribution in [0.2, 0.25) is 0 Å². The van der Waals surface area contributed by atoms with Gasteiger partial charge in [0.1, 0.15) is 0 Å².